The second-order valence-corrected chi connectivity index (χ2v) is 3.00. The average Bonchev–Trinajstić information content (AvgIpc) is 2.33. The highest BCUT2D eigenvalue weighted by Crippen LogP contribution is 2.32. The van der Waals surface area contributed by atoms with Crippen LogP contribution < -0.4 is 0 Å². The van der Waals surface area contributed by atoms with E-state index in [1.807, 2.05) is 0 Å². The maximum absolute atomic E-state index is 11.1. The van der Waals surface area contributed by atoms with Gasteiger partial charge in [-0.1, -0.05) is 19.2 Å². The summed E-state index contributed by atoms with van der Waals surface area (Å²) in [6, 6.07) is 0. The fourth-order valence-electron chi connectivity index (χ4n) is 1.36. The van der Waals surface area contributed by atoms with Crippen molar-refractivity contribution in [3.63, 3.8) is 0 Å². The molecule has 0 spiro atoms. The van der Waals surface area contributed by atoms with Crippen molar-refractivity contribution in [2.45, 2.75) is 18.6 Å². The molecule has 1 fully saturated rings. The van der Waals surface area contributed by atoms with Gasteiger partial charge in [-0.25, -0.2) is 0 Å². The lowest BCUT2D eigenvalue weighted by atomic mass is 10.0. The van der Waals surface area contributed by atoms with Gasteiger partial charge in [-0.15, -0.1) is 0 Å². The van der Waals surface area contributed by atoms with Gasteiger partial charge >= 0.3 is 0 Å². The molecule has 0 aromatic rings. The first kappa shape index (κ1) is 9.00. The Morgan fingerprint density at radius 2 is 2.42 bits per heavy atom. The molecule has 0 aliphatic carbocycles. The number of hydrogen-bond donors (Lipinski definition) is 1. The molecule has 1 aliphatic rings. The van der Waals surface area contributed by atoms with Crippen LogP contribution in [-0.2, 0) is 4.79 Å². The summed E-state index contributed by atoms with van der Waals surface area (Å²) in [4.78, 5) is 12.4. The maximum atomic E-state index is 11.1. The number of nitrogens with zero attached hydrogens (tertiary/aromatic N) is 1. The highest BCUT2D eigenvalue weighted by atomic mass is 16.3. The first-order valence-electron chi connectivity index (χ1n) is 3.83. The lowest BCUT2D eigenvalue weighted by Crippen LogP contribution is -2.43. The van der Waals surface area contributed by atoms with E-state index in [4.69, 9.17) is 0 Å². The number of rotatable bonds is 2. The number of carbonyl (C=O) groups is 1. The number of hydrogen-bond acceptors (Lipinski definition) is 2. The van der Waals surface area contributed by atoms with E-state index >= 15 is 0 Å². The largest absolute Gasteiger partial charge is 0.367 e. The summed E-state index contributed by atoms with van der Waals surface area (Å²) >= 11 is 0. The molecule has 1 unspecified atom stereocenters. The Labute approximate surface area is 72.0 Å². The van der Waals surface area contributed by atoms with Gasteiger partial charge in [0.1, 0.15) is 0 Å². The van der Waals surface area contributed by atoms with Crippen molar-refractivity contribution in [1.82, 2.24) is 4.90 Å². The molecule has 1 atom stereocenters. The van der Waals surface area contributed by atoms with Gasteiger partial charge in [-0.2, -0.15) is 0 Å². The summed E-state index contributed by atoms with van der Waals surface area (Å²) in [5, 5.41) is 9.93. The number of likely N-dealkylation sites (N-methyl/N-ethyl adjacent to an activating group) is 1. The van der Waals surface area contributed by atoms with Gasteiger partial charge in [0.2, 0.25) is 5.91 Å². The van der Waals surface area contributed by atoms with Crippen LogP contribution in [0.1, 0.15) is 12.8 Å². The predicted octanol–water partition coefficient (Wildman–Crippen LogP) is 0.669. The van der Waals surface area contributed by atoms with Gasteiger partial charge in [0, 0.05) is 19.9 Å². The Hall–Kier alpha value is -1.09. The van der Waals surface area contributed by atoms with Crippen LogP contribution in [0.15, 0.2) is 24.8 Å². The lowest BCUT2D eigenvalue weighted by molar-refractivity contribution is -0.136. The van der Waals surface area contributed by atoms with Crippen LogP contribution in [-0.4, -0.2) is 28.7 Å². The molecule has 0 radical (unpaired) electrons. The summed E-state index contributed by atoms with van der Waals surface area (Å²) in [6.45, 7) is 7.16. The van der Waals surface area contributed by atoms with E-state index in [9.17, 15) is 9.90 Å². The number of aliphatic hydroxyl groups is 1. The Kier molecular flexibility index (Phi) is 2.06. The molecule has 1 aliphatic heterocycles. The minimum Gasteiger partial charge on any atom is -0.367 e. The predicted molar refractivity (Wildman–Crippen MR) is 46.3 cm³/mol. The number of likely N-dealkylation sites (tertiary alicyclic amines) is 1. The van der Waals surface area contributed by atoms with Crippen LogP contribution in [0.2, 0.25) is 0 Å². The molecule has 1 heterocycles. The van der Waals surface area contributed by atoms with Gasteiger partial charge in [-0.3, -0.25) is 4.79 Å². The third kappa shape index (κ3) is 1.06. The molecular weight excluding hydrogens is 154 g/mol. The minimum absolute atomic E-state index is 0.0551. The summed E-state index contributed by atoms with van der Waals surface area (Å²) < 4.78 is 0. The molecule has 66 valence electrons. The molecule has 0 bridgehead atoms. The average molecular weight is 167 g/mol. The zero-order valence-electron chi connectivity index (χ0n) is 7.21. The smallest absolute Gasteiger partial charge is 0.225 e. The van der Waals surface area contributed by atoms with Crippen LogP contribution in [0.4, 0.5) is 0 Å². The molecule has 3 heteroatoms. The Bertz CT molecular complexity index is 247. The van der Waals surface area contributed by atoms with Crippen molar-refractivity contribution in [3.05, 3.63) is 24.8 Å². The SMILES string of the molecule is C=CC(=C)C1(O)CCC(=O)N1C. The monoisotopic (exact) mass is 167 g/mol. The molecule has 12 heavy (non-hydrogen) atoms. The molecule has 0 aromatic carbocycles. The van der Waals surface area contributed by atoms with Gasteiger partial charge in [0.05, 0.1) is 0 Å². The van der Waals surface area contributed by atoms with Crippen LogP contribution >= 0.6 is 0 Å². The maximum Gasteiger partial charge on any atom is 0.225 e. The van der Waals surface area contributed by atoms with E-state index in [2.05, 4.69) is 13.2 Å². The second kappa shape index (κ2) is 2.75. The third-order valence-electron chi connectivity index (χ3n) is 2.38. The zero-order valence-corrected chi connectivity index (χ0v) is 7.21. The van der Waals surface area contributed by atoms with E-state index < -0.39 is 5.72 Å². The van der Waals surface area contributed by atoms with Crippen molar-refractivity contribution in [2.75, 3.05) is 7.05 Å². The molecule has 1 N–H and O–H groups in total. The van der Waals surface area contributed by atoms with Gasteiger partial charge in [0.25, 0.3) is 0 Å². The first-order valence-corrected chi connectivity index (χ1v) is 3.83. The van der Waals surface area contributed by atoms with E-state index in [1.165, 1.54) is 11.0 Å². The molecule has 3 nitrogen and oxygen atoms in total. The van der Waals surface area contributed by atoms with Crippen molar-refractivity contribution < 1.29 is 9.90 Å². The number of amides is 1. The van der Waals surface area contributed by atoms with Crippen molar-refractivity contribution in [1.29, 1.82) is 0 Å². The Balaban J connectivity index is 2.93. The Morgan fingerprint density at radius 1 is 1.83 bits per heavy atom. The molecular formula is C9H13NO2. The molecule has 1 amide bonds. The first-order chi connectivity index (χ1) is 5.52. The van der Waals surface area contributed by atoms with Gasteiger partial charge in [0.15, 0.2) is 5.72 Å². The fourth-order valence-corrected chi connectivity index (χ4v) is 1.36. The summed E-state index contributed by atoms with van der Waals surface area (Å²) in [5.41, 5.74) is -0.713. The zero-order chi connectivity index (χ0) is 9.35. The number of carbonyl (C=O) groups excluding carboxylic acids is 1. The lowest BCUT2D eigenvalue weighted by Gasteiger charge is -2.30. The van der Waals surface area contributed by atoms with E-state index in [0.29, 0.717) is 18.4 Å². The van der Waals surface area contributed by atoms with Gasteiger partial charge in [-0.05, 0) is 5.57 Å². The van der Waals surface area contributed by atoms with Crippen molar-refractivity contribution in [2.24, 2.45) is 0 Å². The quantitative estimate of drug-likeness (QED) is 0.614. The summed E-state index contributed by atoms with van der Waals surface area (Å²) in [6.07, 6.45) is 2.27. The van der Waals surface area contributed by atoms with Crippen LogP contribution in [0.5, 0.6) is 0 Å². The van der Waals surface area contributed by atoms with E-state index in [1.54, 1.807) is 7.05 Å². The van der Waals surface area contributed by atoms with Crippen LogP contribution in [0.3, 0.4) is 0 Å². The van der Waals surface area contributed by atoms with Crippen molar-refractivity contribution >= 4 is 5.91 Å². The standard InChI is InChI=1S/C9H13NO2/c1-4-7(2)9(12)6-5-8(11)10(9)3/h4,12H,1-2,5-6H2,3H3. The Morgan fingerprint density at radius 3 is 2.75 bits per heavy atom. The highest BCUT2D eigenvalue weighted by Gasteiger charge is 2.42. The third-order valence-corrected chi connectivity index (χ3v) is 2.38. The topological polar surface area (TPSA) is 40.5 Å². The minimum atomic E-state index is -1.20. The van der Waals surface area contributed by atoms with Crippen molar-refractivity contribution in [3.8, 4) is 0 Å². The van der Waals surface area contributed by atoms with E-state index in [-0.39, 0.29) is 5.91 Å². The molecule has 0 saturated carbocycles. The molecule has 1 saturated heterocycles. The molecule has 1 rings (SSSR count). The van der Waals surface area contributed by atoms with E-state index in [0.717, 1.165) is 0 Å². The second-order valence-electron chi connectivity index (χ2n) is 3.00. The highest BCUT2D eigenvalue weighted by molar-refractivity contribution is 5.80. The molecule has 0 aromatic heterocycles. The van der Waals surface area contributed by atoms with Crippen LogP contribution in [0, 0.1) is 0 Å². The summed E-state index contributed by atoms with van der Waals surface area (Å²) in [7, 11) is 1.57. The van der Waals surface area contributed by atoms with Gasteiger partial charge < -0.3 is 10.0 Å². The summed E-state index contributed by atoms with van der Waals surface area (Å²) in [5.74, 6) is -0.0551. The normalized spacial score (nSPS) is 29.2. The fraction of sp³-hybridized carbons (Fsp3) is 0.444. The van der Waals surface area contributed by atoms with Crippen LogP contribution in [0.25, 0.3) is 0 Å².